The average molecular weight is 235 g/mol. The SMILES string of the molecule is N#CCC1(CSc2nnnn2C2CC2)CC1. The normalized spacial score (nSPS) is 21.7. The third kappa shape index (κ3) is 1.92. The molecule has 0 aromatic carbocycles. The van der Waals surface area contributed by atoms with Crippen molar-refractivity contribution in [2.75, 3.05) is 5.75 Å². The highest BCUT2D eigenvalue weighted by Gasteiger charge is 2.42. The first kappa shape index (κ1) is 10.1. The lowest BCUT2D eigenvalue weighted by Gasteiger charge is -2.09. The van der Waals surface area contributed by atoms with E-state index in [0.717, 1.165) is 10.9 Å². The topological polar surface area (TPSA) is 67.4 Å². The summed E-state index contributed by atoms with van der Waals surface area (Å²) in [5.74, 6) is 0.980. The van der Waals surface area contributed by atoms with E-state index < -0.39 is 0 Å². The highest BCUT2D eigenvalue weighted by atomic mass is 32.2. The minimum Gasteiger partial charge on any atom is -0.217 e. The Kier molecular flexibility index (Phi) is 2.36. The molecule has 2 aliphatic rings. The zero-order chi connectivity index (χ0) is 11.0. The average Bonchev–Trinajstić information content (AvgIpc) is 3.20. The van der Waals surface area contributed by atoms with Crippen molar-refractivity contribution in [3.05, 3.63) is 0 Å². The molecule has 16 heavy (non-hydrogen) atoms. The fraction of sp³-hybridized carbons (Fsp3) is 0.800. The molecule has 0 saturated heterocycles. The Morgan fingerprint density at radius 2 is 2.31 bits per heavy atom. The highest BCUT2D eigenvalue weighted by Crippen LogP contribution is 2.51. The quantitative estimate of drug-likeness (QED) is 0.728. The number of hydrogen-bond acceptors (Lipinski definition) is 5. The first-order valence-corrected chi connectivity index (χ1v) is 6.59. The van der Waals surface area contributed by atoms with Gasteiger partial charge in [-0.2, -0.15) is 5.26 Å². The molecule has 0 radical (unpaired) electrons. The van der Waals surface area contributed by atoms with Gasteiger partial charge in [-0.25, -0.2) is 4.68 Å². The molecular weight excluding hydrogens is 222 g/mol. The van der Waals surface area contributed by atoms with Gasteiger partial charge in [-0.1, -0.05) is 11.8 Å². The van der Waals surface area contributed by atoms with E-state index >= 15 is 0 Å². The van der Waals surface area contributed by atoms with Crippen molar-refractivity contribution in [1.82, 2.24) is 20.2 Å². The minimum atomic E-state index is 0.264. The summed E-state index contributed by atoms with van der Waals surface area (Å²) in [6.45, 7) is 0. The van der Waals surface area contributed by atoms with E-state index in [0.29, 0.717) is 12.5 Å². The summed E-state index contributed by atoms with van der Waals surface area (Å²) in [5.41, 5.74) is 0.264. The second-order valence-electron chi connectivity index (χ2n) is 4.76. The van der Waals surface area contributed by atoms with Crippen molar-refractivity contribution >= 4 is 11.8 Å². The summed E-state index contributed by atoms with van der Waals surface area (Å²) in [6, 6.07) is 2.81. The van der Waals surface area contributed by atoms with Crippen LogP contribution in [0.1, 0.15) is 38.1 Å². The van der Waals surface area contributed by atoms with E-state index in [4.69, 9.17) is 5.26 Å². The molecule has 0 bridgehead atoms. The Morgan fingerprint density at radius 1 is 1.50 bits per heavy atom. The van der Waals surface area contributed by atoms with Crippen LogP contribution in [0, 0.1) is 16.7 Å². The lowest BCUT2D eigenvalue weighted by molar-refractivity contribution is 0.561. The van der Waals surface area contributed by atoms with Crippen LogP contribution in [-0.2, 0) is 0 Å². The van der Waals surface area contributed by atoms with Gasteiger partial charge in [0.25, 0.3) is 0 Å². The van der Waals surface area contributed by atoms with Gasteiger partial charge < -0.3 is 0 Å². The van der Waals surface area contributed by atoms with Gasteiger partial charge in [0.1, 0.15) is 0 Å². The molecule has 3 rings (SSSR count). The fourth-order valence-corrected chi connectivity index (χ4v) is 3.00. The minimum absolute atomic E-state index is 0.264. The third-order valence-corrected chi connectivity index (χ3v) is 4.56. The molecule has 0 amide bonds. The van der Waals surface area contributed by atoms with Gasteiger partial charge in [0.15, 0.2) is 0 Å². The van der Waals surface area contributed by atoms with Gasteiger partial charge in [0.2, 0.25) is 5.16 Å². The molecule has 6 heteroatoms. The molecule has 84 valence electrons. The van der Waals surface area contributed by atoms with E-state index in [-0.39, 0.29) is 5.41 Å². The van der Waals surface area contributed by atoms with E-state index in [9.17, 15) is 0 Å². The molecule has 0 unspecified atom stereocenters. The molecule has 0 aliphatic heterocycles. The predicted octanol–water partition coefficient (Wildman–Crippen LogP) is 1.79. The van der Waals surface area contributed by atoms with Gasteiger partial charge in [-0.05, 0) is 41.5 Å². The molecule has 0 N–H and O–H groups in total. The second kappa shape index (κ2) is 3.74. The van der Waals surface area contributed by atoms with Crippen molar-refractivity contribution in [2.45, 2.75) is 43.3 Å². The monoisotopic (exact) mass is 235 g/mol. The maximum Gasteiger partial charge on any atom is 0.209 e. The molecule has 2 aliphatic carbocycles. The predicted molar refractivity (Wildman–Crippen MR) is 58.7 cm³/mol. The number of hydrogen-bond donors (Lipinski definition) is 0. The van der Waals surface area contributed by atoms with E-state index in [1.54, 1.807) is 11.8 Å². The summed E-state index contributed by atoms with van der Waals surface area (Å²) in [4.78, 5) is 0. The summed E-state index contributed by atoms with van der Waals surface area (Å²) in [6.07, 6.45) is 5.42. The second-order valence-corrected chi connectivity index (χ2v) is 5.70. The van der Waals surface area contributed by atoms with Crippen LogP contribution in [0.25, 0.3) is 0 Å². The lowest BCUT2D eigenvalue weighted by Crippen LogP contribution is -2.05. The van der Waals surface area contributed by atoms with E-state index in [2.05, 4.69) is 21.6 Å². The summed E-state index contributed by atoms with van der Waals surface area (Å²) in [5, 5.41) is 21.5. The standard InChI is InChI=1S/C10H13N5S/c11-6-5-10(3-4-10)7-16-9-12-13-14-15(9)8-1-2-8/h8H,1-5,7H2. The lowest BCUT2D eigenvalue weighted by atomic mass is 10.1. The number of nitrogens with zero attached hydrogens (tertiary/aromatic N) is 5. The fourth-order valence-electron chi connectivity index (χ4n) is 1.76. The molecule has 2 fully saturated rings. The van der Waals surface area contributed by atoms with Crippen LogP contribution in [0.5, 0.6) is 0 Å². The number of nitriles is 1. The van der Waals surface area contributed by atoms with Gasteiger partial charge >= 0.3 is 0 Å². The first-order valence-electron chi connectivity index (χ1n) is 5.61. The Hall–Kier alpha value is -1.09. The van der Waals surface area contributed by atoms with Crippen molar-refractivity contribution in [3.63, 3.8) is 0 Å². The maximum atomic E-state index is 8.75. The Bertz CT molecular complexity index is 427. The molecular formula is C10H13N5S. The zero-order valence-corrected chi connectivity index (χ0v) is 9.78. The van der Waals surface area contributed by atoms with Gasteiger partial charge in [0.05, 0.1) is 12.1 Å². The first-order chi connectivity index (χ1) is 7.83. The third-order valence-electron chi connectivity index (χ3n) is 3.27. The van der Waals surface area contributed by atoms with Crippen LogP contribution in [-0.4, -0.2) is 26.0 Å². The van der Waals surface area contributed by atoms with Crippen molar-refractivity contribution in [3.8, 4) is 6.07 Å². The van der Waals surface area contributed by atoms with Crippen LogP contribution >= 0.6 is 11.8 Å². The van der Waals surface area contributed by atoms with Crippen LogP contribution in [0.3, 0.4) is 0 Å². The molecule has 0 spiro atoms. The Balaban J connectivity index is 1.62. The highest BCUT2D eigenvalue weighted by molar-refractivity contribution is 7.99. The molecule has 5 nitrogen and oxygen atoms in total. The molecule has 1 aromatic rings. The van der Waals surface area contributed by atoms with E-state index in [1.807, 2.05) is 4.68 Å². The van der Waals surface area contributed by atoms with Crippen molar-refractivity contribution in [1.29, 1.82) is 5.26 Å². The Labute approximate surface area is 98.2 Å². The van der Waals surface area contributed by atoms with Crippen molar-refractivity contribution in [2.24, 2.45) is 5.41 Å². The van der Waals surface area contributed by atoms with Crippen LogP contribution in [0.4, 0.5) is 0 Å². The molecule has 2 saturated carbocycles. The summed E-state index contributed by atoms with van der Waals surface area (Å²) in [7, 11) is 0. The molecule has 1 heterocycles. The smallest absolute Gasteiger partial charge is 0.209 e. The zero-order valence-electron chi connectivity index (χ0n) is 8.96. The number of rotatable bonds is 5. The number of thioether (sulfide) groups is 1. The Morgan fingerprint density at radius 3 is 2.94 bits per heavy atom. The van der Waals surface area contributed by atoms with Gasteiger partial charge in [-0.15, -0.1) is 5.10 Å². The summed E-state index contributed by atoms with van der Waals surface area (Å²) >= 11 is 1.71. The van der Waals surface area contributed by atoms with Crippen molar-refractivity contribution < 1.29 is 0 Å². The number of tetrazole rings is 1. The number of aromatic nitrogens is 4. The maximum absolute atomic E-state index is 8.75. The van der Waals surface area contributed by atoms with E-state index in [1.165, 1.54) is 25.7 Å². The summed E-state index contributed by atoms with van der Waals surface area (Å²) < 4.78 is 1.94. The van der Waals surface area contributed by atoms with Gasteiger partial charge in [0, 0.05) is 12.2 Å². The van der Waals surface area contributed by atoms with Gasteiger partial charge in [-0.3, -0.25) is 0 Å². The largest absolute Gasteiger partial charge is 0.217 e. The van der Waals surface area contributed by atoms with Crippen LogP contribution in [0.15, 0.2) is 5.16 Å². The molecule has 0 atom stereocenters. The van der Waals surface area contributed by atoms with Crippen LogP contribution < -0.4 is 0 Å². The molecule has 1 aromatic heterocycles. The van der Waals surface area contributed by atoms with Crippen LogP contribution in [0.2, 0.25) is 0 Å².